The summed E-state index contributed by atoms with van der Waals surface area (Å²) in [5.74, 6) is 2.16. The Hall–Kier alpha value is -4.46. The predicted molar refractivity (Wildman–Crippen MR) is 134 cm³/mol. The molecule has 0 radical (unpaired) electrons. The predicted octanol–water partition coefficient (Wildman–Crippen LogP) is 4.56. The lowest BCUT2D eigenvalue weighted by Gasteiger charge is -2.11. The van der Waals surface area contributed by atoms with Gasteiger partial charge in [-0.05, 0) is 42.0 Å². The Bertz CT molecular complexity index is 1730. The van der Waals surface area contributed by atoms with Crippen LogP contribution in [0.2, 0.25) is 0 Å². The van der Waals surface area contributed by atoms with Crippen molar-refractivity contribution >= 4 is 33.2 Å². The van der Waals surface area contributed by atoms with E-state index in [0.29, 0.717) is 53.3 Å². The largest absolute Gasteiger partial charge is 0.497 e. The van der Waals surface area contributed by atoms with Crippen molar-refractivity contribution in [2.75, 3.05) is 7.11 Å². The first-order valence-corrected chi connectivity index (χ1v) is 11.5. The molecule has 6 aromatic rings. The third kappa shape index (κ3) is 3.54. The van der Waals surface area contributed by atoms with Crippen molar-refractivity contribution in [1.29, 1.82) is 0 Å². The number of nitrogens with zero attached hydrogens (tertiary/aromatic N) is 5. The lowest BCUT2D eigenvalue weighted by molar-refractivity contribution is 0.414. The lowest BCUT2D eigenvalue weighted by Crippen LogP contribution is -2.26. The number of aryl methyl sites for hydroxylation is 1. The molecule has 8 nitrogen and oxygen atoms in total. The highest BCUT2D eigenvalue weighted by molar-refractivity contribution is 6.04. The minimum Gasteiger partial charge on any atom is -0.497 e. The Kier molecular flexibility index (Phi) is 5.06. The topological polar surface area (TPSA) is 88.0 Å². The molecule has 0 fully saturated rings. The van der Waals surface area contributed by atoms with Gasteiger partial charge in [0.15, 0.2) is 11.3 Å². The van der Waals surface area contributed by atoms with Crippen molar-refractivity contribution in [2.24, 2.45) is 0 Å². The molecule has 35 heavy (non-hydrogen) atoms. The Labute approximate surface area is 200 Å². The average molecular weight is 466 g/mol. The number of rotatable bonds is 6. The summed E-state index contributed by atoms with van der Waals surface area (Å²) < 4.78 is 14.5. The summed E-state index contributed by atoms with van der Waals surface area (Å²) in [6, 6.07) is 19.2. The highest BCUT2D eigenvalue weighted by Crippen LogP contribution is 2.27. The van der Waals surface area contributed by atoms with Crippen molar-refractivity contribution in [3.8, 4) is 5.75 Å². The normalized spacial score (nSPS) is 11.6. The second kappa shape index (κ2) is 8.39. The van der Waals surface area contributed by atoms with Crippen LogP contribution in [0.15, 0.2) is 76.1 Å². The first-order chi connectivity index (χ1) is 17.2. The van der Waals surface area contributed by atoms with E-state index < -0.39 is 0 Å². The van der Waals surface area contributed by atoms with E-state index in [1.54, 1.807) is 17.9 Å². The molecule has 4 aromatic heterocycles. The fourth-order valence-electron chi connectivity index (χ4n) is 4.49. The molecule has 0 aliphatic carbocycles. The summed E-state index contributed by atoms with van der Waals surface area (Å²) in [7, 11) is 1.65. The molecule has 0 saturated heterocycles. The van der Waals surface area contributed by atoms with Gasteiger partial charge in [0.05, 0.1) is 37.5 Å². The molecular formula is C27H23N5O3. The molecule has 8 heteroatoms. The first kappa shape index (κ1) is 21.1. The summed E-state index contributed by atoms with van der Waals surface area (Å²) >= 11 is 0. The molecule has 0 bridgehead atoms. The molecule has 0 N–H and O–H groups in total. The fourth-order valence-corrected chi connectivity index (χ4v) is 4.49. The first-order valence-electron chi connectivity index (χ1n) is 11.5. The summed E-state index contributed by atoms with van der Waals surface area (Å²) in [4.78, 5) is 28.7. The monoisotopic (exact) mass is 465 g/mol. The maximum absolute atomic E-state index is 13.9. The molecule has 2 aromatic carbocycles. The summed E-state index contributed by atoms with van der Waals surface area (Å²) in [5.41, 5.74) is 4.18. The molecular weight excluding hydrogens is 442 g/mol. The average Bonchev–Trinajstić information content (AvgIpc) is 3.51. The standard InChI is InChI=1S/C27H23N5O3/c1-3-22-30-25-23(27(33)31(22)16-19-7-6-14-35-19)24-26(29-21-9-5-4-8-20(21)28-24)32(25)15-17-10-12-18(34-2)13-11-17/h4-14H,3,15-16H2,1-2H3. The van der Waals surface area contributed by atoms with Gasteiger partial charge in [0.2, 0.25) is 0 Å². The van der Waals surface area contributed by atoms with Crippen molar-refractivity contribution in [3.05, 3.63) is 94.4 Å². The number of furan rings is 1. The third-order valence-electron chi connectivity index (χ3n) is 6.24. The highest BCUT2D eigenvalue weighted by atomic mass is 16.5. The number of hydrogen-bond acceptors (Lipinski definition) is 6. The van der Waals surface area contributed by atoms with E-state index in [4.69, 9.17) is 24.1 Å². The van der Waals surface area contributed by atoms with Gasteiger partial charge in [-0.2, -0.15) is 0 Å². The maximum atomic E-state index is 13.9. The number of benzene rings is 2. The van der Waals surface area contributed by atoms with Gasteiger partial charge in [-0.3, -0.25) is 9.36 Å². The van der Waals surface area contributed by atoms with Crippen LogP contribution in [-0.2, 0) is 19.5 Å². The van der Waals surface area contributed by atoms with Gasteiger partial charge in [-0.15, -0.1) is 0 Å². The zero-order valence-corrected chi connectivity index (χ0v) is 19.4. The quantitative estimate of drug-likeness (QED) is 0.358. The molecule has 0 amide bonds. The molecule has 0 unspecified atom stereocenters. The van der Waals surface area contributed by atoms with E-state index >= 15 is 0 Å². The van der Waals surface area contributed by atoms with Gasteiger partial charge < -0.3 is 13.7 Å². The van der Waals surface area contributed by atoms with Gasteiger partial charge in [0.25, 0.3) is 5.56 Å². The zero-order valence-electron chi connectivity index (χ0n) is 19.4. The van der Waals surface area contributed by atoms with E-state index in [2.05, 4.69) is 0 Å². The van der Waals surface area contributed by atoms with Gasteiger partial charge in [-0.1, -0.05) is 31.2 Å². The molecule has 0 aliphatic rings. The van der Waals surface area contributed by atoms with Crippen LogP contribution in [-0.4, -0.2) is 31.2 Å². The Morgan fingerprint density at radius 2 is 1.63 bits per heavy atom. The summed E-state index contributed by atoms with van der Waals surface area (Å²) in [6.07, 6.45) is 2.20. The van der Waals surface area contributed by atoms with Crippen LogP contribution in [0.4, 0.5) is 0 Å². The van der Waals surface area contributed by atoms with Gasteiger partial charge in [-0.25, -0.2) is 15.0 Å². The smallest absolute Gasteiger partial charge is 0.265 e. The van der Waals surface area contributed by atoms with E-state index in [-0.39, 0.29) is 5.56 Å². The van der Waals surface area contributed by atoms with Gasteiger partial charge >= 0.3 is 0 Å². The Balaban J connectivity index is 1.65. The van der Waals surface area contributed by atoms with Crippen molar-refractivity contribution in [2.45, 2.75) is 26.4 Å². The molecule has 4 heterocycles. The number of fused-ring (bicyclic) bond motifs is 4. The van der Waals surface area contributed by atoms with Crippen LogP contribution in [0.3, 0.4) is 0 Å². The zero-order chi connectivity index (χ0) is 23.9. The van der Waals surface area contributed by atoms with Crippen molar-refractivity contribution in [1.82, 2.24) is 24.1 Å². The molecule has 0 aliphatic heterocycles. The minimum absolute atomic E-state index is 0.147. The van der Waals surface area contributed by atoms with E-state index in [9.17, 15) is 4.79 Å². The molecule has 6 rings (SSSR count). The van der Waals surface area contributed by atoms with Gasteiger partial charge in [0.1, 0.15) is 28.2 Å². The molecule has 0 saturated carbocycles. The van der Waals surface area contributed by atoms with Gasteiger partial charge in [0, 0.05) is 6.42 Å². The van der Waals surface area contributed by atoms with Crippen LogP contribution in [0.1, 0.15) is 24.1 Å². The number of methoxy groups -OCH3 is 1. The lowest BCUT2D eigenvalue weighted by atomic mass is 10.2. The molecule has 174 valence electrons. The van der Waals surface area contributed by atoms with Crippen LogP contribution in [0, 0.1) is 0 Å². The van der Waals surface area contributed by atoms with E-state index in [1.807, 2.05) is 72.2 Å². The maximum Gasteiger partial charge on any atom is 0.265 e. The SMILES string of the molecule is CCc1nc2c(c(=O)n1Cc1ccco1)c1nc3ccccc3nc1n2Cc1ccc(OC)cc1. The summed E-state index contributed by atoms with van der Waals surface area (Å²) in [6.45, 7) is 2.80. The van der Waals surface area contributed by atoms with Crippen LogP contribution < -0.4 is 10.3 Å². The Morgan fingerprint density at radius 3 is 2.31 bits per heavy atom. The third-order valence-corrected chi connectivity index (χ3v) is 6.24. The van der Waals surface area contributed by atoms with Crippen molar-refractivity contribution in [3.63, 3.8) is 0 Å². The van der Waals surface area contributed by atoms with Crippen LogP contribution >= 0.6 is 0 Å². The minimum atomic E-state index is -0.147. The molecule has 0 spiro atoms. The number of ether oxygens (including phenoxy) is 1. The second-order valence-corrected chi connectivity index (χ2v) is 8.37. The molecule has 0 atom stereocenters. The Morgan fingerprint density at radius 1 is 0.857 bits per heavy atom. The highest BCUT2D eigenvalue weighted by Gasteiger charge is 2.22. The van der Waals surface area contributed by atoms with E-state index in [1.165, 1.54) is 0 Å². The van der Waals surface area contributed by atoms with Crippen molar-refractivity contribution < 1.29 is 9.15 Å². The van der Waals surface area contributed by atoms with Crippen LogP contribution in [0.25, 0.3) is 33.2 Å². The van der Waals surface area contributed by atoms with Crippen LogP contribution in [0.5, 0.6) is 5.75 Å². The second-order valence-electron chi connectivity index (χ2n) is 8.37. The summed E-state index contributed by atoms with van der Waals surface area (Å²) in [5, 5.41) is 0.468. The number of aromatic nitrogens is 5. The number of para-hydroxylation sites is 2. The fraction of sp³-hybridized carbons (Fsp3) is 0.185. The van der Waals surface area contributed by atoms with E-state index in [0.717, 1.165) is 22.3 Å². The number of hydrogen-bond donors (Lipinski definition) is 0.